The molecule has 3 nitrogen and oxygen atoms in total. The first kappa shape index (κ1) is 40.4. The maximum absolute atomic E-state index is 12.1. The van der Waals surface area contributed by atoms with Crippen molar-refractivity contribution in [1.82, 2.24) is 5.32 Å². The molecular weight excluding hydrogens is 502 g/mol. The molecule has 0 saturated carbocycles. The molecule has 0 radical (unpaired) electrons. The van der Waals surface area contributed by atoms with Gasteiger partial charge in [0.2, 0.25) is 5.91 Å². The summed E-state index contributed by atoms with van der Waals surface area (Å²) < 4.78 is 0. The fourth-order valence-electron chi connectivity index (χ4n) is 6.05. The quantitative estimate of drug-likeness (QED) is 0.0579. The SMILES string of the molecule is CCCCCCCCCCCCCCCCCCCC(O)NC(=O)CCCCCCCCCCCCCCCCC. The molecule has 246 valence electrons. The summed E-state index contributed by atoms with van der Waals surface area (Å²) >= 11 is 0. The molecule has 0 aliphatic heterocycles. The van der Waals surface area contributed by atoms with Gasteiger partial charge in [0, 0.05) is 6.42 Å². The van der Waals surface area contributed by atoms with Crippen molar-refractivity contribution in [2.75, 3.05) is 0 Å². The van der Waals surface area contributed by atoms with Crippen LogP contribution in [0.15, 0.2) is 0 Å². The zero-order chi connectivity index (χ0) is 29.9. The highest BCUT2D eigenvalue weighted by Gasteiger charge is 2.08. The summed E-state index contributed by atoms with van der Waals surface area (Å²) in [6.45, 7) is 4.57. The maximum Gasteiger partial charge on any atom is 0.221 e. The molecule has 0 aromatic carbocycles. The zero-order valence-corrected chi connectivity index (χ0v) is 28.5. The van der Waals surface area contributed by atoms with Crippen molar-refractivity contribution in [2.45, 2.75) is 238 Å². The fraction of sp³-hybridized carbons (Fsp3) is 0.974. The first-order valence-electron chi connectivity index (χ1n) is 19.2. The van der Waals surface area contributed by atoms with Crippen molar-refractivity contribution >= 4 is 5.91 Å². The Morgan fingerprint density at radius 2 is 0.659 bits per heavy atom. The highest BCUT2D eigenvalue weighted by Crippen LogP contribution is 2.16. The van der Waals surface area contributed by atoms with Crippen molar-refractivity contribution in [3.63, 3.8) is 0 Å². The standard InChI is InChI=1S/C38H77NO2/c1-3-5-7-9-11-13-15-17-19-20-22-24-26-28-30-32-34-36-38(41)39-37(40)35-33-31-29-27-25-23-21-18-16-14-12-10-8-6-4-2/h38,41H,3-36H2,1-2H3,(H,39,40). The van der Waals surface area contributed by atoms with E-state index in [0.717, 1.165) is 19.3 Å². The molecule has 0 fully saturated rings. The lowest BCUT2D eigenvalue weighted by Gasteiger charge is -2.12. The predicted molar refractivity (Wildman–Crippen MR) is 182 cm³/mol. The number of aliphatic hydroxyl groups excluding tert-OH is 1. The van der Waals surface area contributed by atoms with Crippen LogP contribution in [0.4, 0.5) is 0 Å². The Balaban J connectivity index is 3.26. The molecule has 0 aromatic heterocycles. The number of aliphatic hydroxyl groups is 1. The van der Waals surface area contributed by atoms with Crippen LogP contribution in [-0.4, -0.2) is 17.2 Å². The molecule has 41 heavy (non-hydrogen) atoms. The van der Waals surface area contributed by atoms with Crippen LogP contribution in [0.1, 0.15) is 232 Å². The highest BCUT2D eigenvalue weighted by molar-refractivity contribution is 5.75. The minimum absolute atomic E-state index is 0.0270. The third-order valence-corrected chi connectivity index (χ3v) is 8.92. The van der Waals surface area contributed by atoms with Crippen LogP contribution < -0.4 is 5.32 Å². The molecule has 0 heterocycles. The third-order valence-electron chi connectivity index (χ3n) is 8.92. The topological polar surface area (TPSA) is 49.3 Å². The molecular formula is C38H77NO2. The van der Waals surface area contributed by atoms with Gasteiger partial charge < -0.3 is 10.4 Å². The van der Waals surface area contributed by atoms with Gasteiger partial charge in [0.15, 0.2) is 0 Å². The Hall–Kier alpha value is -0.570. The van der Waals surface area contributed by atoms with E-state index in [2.05, 4.69) is 19.2 Å². The summed E-state index contributed by atoms with van der Waals surface area (Å²) in [7, 11) is 0. The lowest BCUT2D eigenvalue weighted by atomic mass is 10.0. The minimum atomic E-state index is -0.657. The van der Waals surface area contributed by atoms with Crippen LogP contribution in [0.2, 0.25) is 0 Å². The Labute approximate surface area is 259 Å². The first-order chi connectivity index (χ1) is 20.2. The second-order valence-electron chi connectivity index (χ2n) is 13.2. The molecule has 0 aliphatic rings. The predicted octanol–water partition coefficient (Wildman–Crippen LogP) is 12.7. The van der Waals surface area contributed by atoms with Gasteiger partial charge in [0.05, 0.1) is 0 Å². The van der Waals surface area contributed by atoms with E-state index < -0.39 is 6.23 Å². The van der Waals surface area contributed by atoms with E-state index in [1.54, 1.807) is 0 Å². The largest absolute Gasteiger partial charge is 0.374 e. The van der Waals surface area contributed by atoms with E-state index in [4.69, 9.17) is 0 Å². The number of nitrogens with one attached hydrogen (secondary N) is 1. The van der Waals surface area contributed by atoms with E-state index in [0.29, 0.717) is 12.8 Å². The van der Waals surface area contributed by atoms with Gasteiger partial charge in [-0.05, 0) is 19.3 Å². The molecule has 1 amide bonds. The fourth-order valence-corrected chi connectivity index (χ4v) is 6.05. The Bertz CT molecular complexity index is 495. The number of unbranched alkanes of at least 4 members (excludes halogenated alkanes) is 30. The zero-order valence-electron chi connectivity index (χ0n) is 28.5. The number of amides is 1. The number of hydrogen-bond acceptors (Lipinski definition) is 2. The maximum atomic E-state index is 12.1. The van der Waals surface area contributed by atoms with Crippen molar-refractivity contribution in [3.05, 3.63) is 0 Å². The lowest BCUT2D eigenvalue weighted by Crippen LogP contribution is -2.34. The number of carbonyl (C=O) groups is 1. The molecule has 0 aromatic rings. The molecule has 3 heteroatoms. The van der Waals surface area contributed by atoms with Crippen LogP contribution in [0, 0.1) is 0 Å². The minimum Gasteiger partial charge on any atom is -0.374 e. The normalized spacial score (nSPS) is 12.2. The lowest BCUT2D eigenvalue weighted by molar-refractivity contribution is -0.124. The number of rotatable bonds is 35. The average molecular weight is 580 g/mol. The van der Waals surface area contributed by atoms with Crippen LogP contribution in [0.25, 0.3) is 0 Å². The van der Waals surface area contributed by atoms with Crippen molar-refractivity contribution in [3.8, 4) is 0 Å². The van der Waals surface area contributed by atoms with Gasteiger partial charge in [0.1, 0.15) is 6.23 Å². The van der Waals surface area contributed by atoms with Crippen LogP contribution in [-0.2, 0) is 4.79 Å². The van der Waals surface area contributed by atoms with Gasteiger partial charge in [-0.1, -0.05) is 206 Å². The van der Waals surface area contributed by atoms with Gasteiger partial charge in [-0.3, -0.25) is 4.79 Å². The van der Waals surface area contributed by atoms with Crippen LogP contribution >= 0.6 is 0 Å². The smallest absolute Gasteiger partial charge is 0.221 e. The summed E-state index contributed by atoms with van der Waals surface area (Å²) in [6.07, 6.45) is 43.9. The molecule has 0 saturated heterocycles. The average Bonchev–Trinajstić information content (AvgIpc) is 2.96. The van der Waals surface area contributed by atoms with E-state index in [1.807, 2.05) is 0 Å². The number of hydrogen-bond donors (Lipinski definition) is 2. The molecule has 0 bridgehead atoms. The summed E-state index contributed by atoms with van der Waals surface area (Å²) in [4.78, 5) is 12.1. The van der Waals surface area contributed by atoms with Gasteiger partial charge in [-0.2, -0.15) is 0 Å². The van der Waals surface area contributed by atoms with E-state index in [9.17, 15) is 9.90 Å². The van der Waals surface area contributed by atoms with Crippen LogP contribution in [0.3, 0.4) is 0 Å². The molecule has 1 unspecified atom stereocenters. The highest BCUT2D eigenvalue weighted by atomic mass is 16.3. The summed E-state index contributed by atoms with van der Waals surface area (Å²) in [5.74, 6) is 0.0270. The monoisotopic (exact) mass is 580 g/mol. The molecule has 2 N–H and O–H groups in total. The number of carbonyl (C=O) groups excluding carboxylic acids is 1. The van der Waals surface area contributed by atoms with Crippen molar-refractivity contribution in [2.24, 2.45) is 0 Å². The van der Waals surface area contributed by atoms with Gasteiger partial charge in [-0.15, -0.1) is 0 Å². The molecule has 0 spiro atoms. The Kier molecular flexibility index (Phi) is 35.1. The Morgan fingerprint density at radius 1 is 0.415 bits per heavy atom. The summed E-state index contributed by atoms with van der Waals surface area (Å²) in [5, 5.41) is 12.9. The molecule has 1 atom stereocenters. The summed E-state index contributed by atoms with van der Waals surface area (Å²) in [5.41, 5.74) is 0. The second kappa shape index (κ2) is 35.6. The molecule has 0 rings (SSSR count). The Morgan fingerprint density at radius 3 is 0.951 bits per heavy atom. The van der Waals surface area contributed by atoms with Gasteiger partial charge in [0.25, 0.3) is 0 Å². The van der Waals surface area contributed by atoms with E-state index in [1.165, 1.54) is 186 Å². The molecule has 0 aliphatic carbocycles. The second-order valence-corrected chi connectivity index (χ2v) is 13.2. The summed E-state index contributed by atoms with van der Waals surface area (Å²) in [6, 6.07) is 0. The van der Waals surface area contributed by atoms with Crippen molar-refractivity contribution < 1.29 is 9.90 Å². The van der Waals surface area contributed by atoms with Gasteiger partial charge >= 0.3 is 0 Å². The van der Waals surface area contributed by atoms with Gasteiger partial charge in [-0.25, -0.2) is 0 Å². The first-order valence-corrected chi connectivity index (χ1v) is 19.2. The van der Waals surface area contributed by atoms with Crippen molar-refractivity contribution in [1.29, 1.82) is 0 Å². The van der Waals surface area contributed by atoms with E-state index in [-0.39, 0.29) is 5.91 Å². The third kappa shape index (κ3) is 35.5. The van der Waals surface area contributed by atoms with Crippen LogP contribution in [0.5, 0.6) is 0 Å². The van der Waals surface area contributed by atoms with E-state index >= 15 is 0 Å².